The molecule has 0 N–H and O–H groups in total. The maximum absolute atomic E-state index is 2.26. The lowest BCUT2D eigenvalue weighted by Crippen LogP contribution is -2.23. The maximum Gasteiger partial charge on any atom is 0.243 e. The van der Waals surface area contributed by atoms with Gasteiger partial charge in [-0.25, -0.2) is 9.13 Å². The van der Waals surface area contributed by atoms with Crippen molar-refractivity contribution in [2.75, 3.05) is 0 Å². The molecular weight excluding hydrogens is 248 g/mol. The Morgan fingerprint density at radius 1 is 0.889 bits per heavy atom. The van der Waals surface area contributed by atoms with Crippen LogP contribution in [0.15, 0.2) is 18.7 Å². The van der Waals surface area contributed by atoms with Crippen LogP contribution in [0.5, 0.6) is 0 Å². The fourth-order valence-corrected chi connectivity index (χ4v) is 1.71. The second kappa shape index (κ2) is 15.9. The van der Waals surface area contributed by atoms with E-state index in [1.165, 1.54) is 45.1 Å². The van der Waals surface area contributed by atoms with Gasteiger partial charge in [-0.05, 0) is 12.8 Å². The standard InChI is InChI=1S/C12H23N2.4FH/c1-3-4-5-6-7-8-9-14-11-10-13(2)12-14;;;;/h10-12H,3-9H2,1-2H3;4*1H/q+1;;;;. The first-order valence-corrected chi connectivity index (χ1v) is 5.84. The molecule has 0 unspecified atom stereocenters. The molecule has 6 heteroatoms. The Morgan fingerprint density at radius 3 is 1.94 bits per heavy atom. The summed E-state index contributed by atoms with van der Waals surface area (Å²) in [6, 6.07) is 0. The Bertz CT molecular complexity index is 254. The SMILES string of the molecule is CCCCCCCCn1cc[n+](C)c1.F.F.F.F. The topological polar surface area (TPSA) is 8.81 Å². The second-order valence-corrected chi connectivity index (χ2v) is 4.08. The van der Waals surface area contributed by atoms with Gasteiger partial charge in [-0.2, -0.15) is 0 Å². The molecule has 0 bridgehead atoms. The van der Waals surface area contributed by atoms with Gasteiger partial charge in [-0.15, -0.1) is 0 Å². The summed E-state index contributed by atoms with van der Waals surface area (Å²) in [6.07, 6.45) is 14.6. The molecule has 0 fully saturated rings. The average molecular weight is 275 g/mol. The molecule has 0 saturated carbocycles. The molecule has 0 spiro atoms. The van der Waals surface area contributed by atoms with Crippen LogP contribution < -0.4 is 4.57 Å². The van der Waals surface area contributed by atoms with Crippen LogP contribution in [-0.4, -0.2) is 4.57 Å². The van der Waals surface area contributed by atoms with Crippen LogP contribution >= 0.6 is 0 Å². The van der Waals surface area contributed by atoms with Crippen LogP contribution in [0.3, 0.4) is 0 Å². The Balaban J connectivity index is -0.000000245. The van der Waals surface area contributed by atoms with E-state index in [2.05, 4.69) is 41.8 Å². The quantitative estimate of drug-likeness (QED) is 0.410. The molecule has 0 aliphatic heterocycles. The van der Waals surface area contributed by atoms with Crippen LogP contribution in [0.4, 0.5) is 18.8 Å². The molecule has 2 nitrogen and oxygen atoms in total. The van der Waals surface area contributed by atoms with E-state index in [1.807, 2.05) is 0 Å². The molecule has 1 aromatic heterocycles. The van der Waals surface area contributed by atoms with Crippen LogP contribution in [0, 0.1) is 0 Å². The Labute approximate surface area is 106 Å². The predicted octanol–water partition coefficient (Wildman–Crippen LogP) is 3.28. The van der Waals surface area contributed by atoms with Gasteiger partial charge in [0.05, 0.1) is 13.6 Å². The molecule has 0 aliphatic rings. The van der Waals surface area contributed by atoms with Crippen LogP contribution in [-0.2, 0) is 13.6 Å². The van der Waals surface area contributed by atoms with E-state index in [1.54, 1.807) is 0 Å². The van der Waals surface area contributed by atoms with Crippen molar-refractivity contribution < 1.29 is 23.4 Å². The zero-order chi connectivity index (χ0) is 10.2. The van der Waals surface area contributed by atoms with Crippen molar-refractivity contribution in [3.05, 3.63) is 18.7 Å². The van der Waals surface area contributed by atoms with Crippen LogP contribution in [0.25, 0.3) is 0 Å². The van der Waals surface area contributed by atoms with Crippen molar-refractivity contribution in [1.82, 2.24) is 4.57 Å². The van der Waals surface area contributed by atoms with E-state index < -0.39 is 0 Å². The van der Waals surface area contributed by atoms with Gasteiger partial charge in [-0.1, -0.05) is 32.6 Å². The first-order chi connectivity index (χ1) is 6.83. The Kier molecular flexibility index (Phi) is 22.7. The lowest BCUT2D eigenvalue weighted by molar-refractivity contribution is -0.671. The molecule has 0 radical (unpaired) electrons. The number of nitrogens with zero attached hydrogens (tertiary/aromatic N) is 2. The number of rotatable bonds is 7. The van der Waals surface area contributed by atoms with Crippen molar-refractivity contribution in [1.29, 1.82) is 0 Å². The highest BCUT2D eigenvalue weighted by atomic mass is 19.0. The molecule has 0 saturated heterocycles. The summed E-state index contributed by atoms with van der Waals surface area (Å²) in [4.78, 5) is 0. The lowest BCUT2D eigenvalue weighted by Gasteiger charge is -1.98. The van der Waals surface area contributed by atoms with Gasteiger partial charge in [-0.3, -0.25) is 18.8 Å². The van der Waals surface area contributed by atoms with Gasteiger partial charge in [0, 0.05) is 0 Å². The average Bonchev–Trinajstić information content (AvgIpc) is 2.58. The number of unbranched alkanes of at least 4 members (excludes halogenated alkanes) is 5. The van der Waals surface area contributed by atoms with Crippen molar-refractivity contribution in [2.24, 2.45) is 7.05 Å². The molecule has 1 rings (SSSR count). The number of aryl methyl sites for hydroxylation is 2. The van der Waals surface area contributed by atoms with Gasteiger partial charge in [0.1, 0.15) is 12.4 Å². The van der Waals surface area contributed by atoms with Crippen molar-refractivity contribution in [2.45, 2.75) is 52.0 Å². The summed E-state index contributed by atoms with van der Waals surface area (Å²) in [6.45, 7) is 3.44. The highest BCUT2D eigenvalue weighted by Crippen LogP contribution is 2.05. The maximum atomic E-state index is 2.26. The fourth-order valence-electron chi connectivity index (χ4n) is 1.71. The second-order valence-electron chi connectivity index (χ2n) is 4.08. The fraction of sp³-hybridized carbons (Fsp3) is 0.750. The predicted molar refractivity (Wildman–Crippen MR) is 69.0 cm³/mol. The zero-order valence-corrected chi connectivity index (χ0v) is 11.2. The van der Waals surface area contributed by atoms with Crippen LogP contribution in [0.2, 0.25) is 0 Å². The van der Waals surface area contributed by atoms with E-state index in [-0.39, 0.29) is 18.8 Å². The highest BCUT2D eigenvalue weighted by molar-refractivity contribution is 4.65. The Hall–Kier alpha value is -1.07. The number of hydrogen-bond acceptors (Lipinski definition) is 0. The molecule has 0 amide bonds. The van der Waals surface area contributed by atoms with Crippen LogP contribution in [0.1, 0.15) is 45.4 Å². The summed E-state index contributed by atoms with van der Waals surface area (Å²) in [5, 5.41) is 0. The summed E-state index contributed by atoms with van der Waals surface area (Å²) in [7, 11) is 2.07. The van der Waals surface area contributed by atoms with Gasteiger partial charge < -0.3 is 0 Å². The summed E-state index contributed by atoms with van der Waals surface area (Å²) in [5.41, 5.74) is 0. The smallest absolute Gasteiger partial charge is 0.243 e. The highest BCUT2D eigenvalue weighted by Gasteiger charge is 1.98. The van der Waals surface area contributed by atoms with Crippen molar-refractivity contribution in [3.63, 3.8) is 0 Å². The zero-order valence-electron chi connectivity index (χ0n) is 11.2. The number of hydrogen-bond donors (Lipinski definition) is 0. The molecule has 0 aromatic carbocycles. The molecule has 1 heterocycles. The lowest BCUT2D eigenvalue weighted by atomic mass is 10.1. The number of halogens is 4. The normalized spacial score (nSPS) is 8.33. The van der Waals surface area contributed by atoms with Crippen molar-refractivity contribution >= 4 is 0 Å². The van der Waals surface area contributed by atoms with E-state index in [4.69, 9.17) is 0 Å². The van der Waals surface area contributed by atoms with Gasteiger partial charge in [0.2, 0.25) is 6.33 Å². The van der Waals surface area contributed by atoms with E-state index >= 15 is 0 Å². The van der Waals surface area contributed by atoms with Gasteiger partial charge >= 0.3 is 0 Å². The number of imidazole rings is 1. The van der Waals surface area contributed by atoms with E-state index in [0.717, 1.165) is 0 Å². The third-order valence-electron chi connectivity index (χ3n) is 2.59. The van der Waals surface area contributed by atoms with Crippen molar-refractivity contribution in [3.8, 4) is 0 Å². The third kappa shape index (κ3) is 11.4. The van der Waals surface area contributed by atoms with E-state index in [0.29, 0.717) is 0 Å². The Morgan fingerprint density at radius 2 is 1.44 bits per heavy atom. The van der Waals surface area contributed by atoms with Gasteiger partial charge in [0.25, 0.3) is 0 Å². The molecular formula is C12H27F4N2+. The monoisotopic (exact) mass is 275 g/mol. The van der Waals surface area contributed by atoms with Gasteiger partial charge in [0.15, 0.2) is 0 Å². The summed E-state index contributed by atoms with van der Waals surface area (Å²) in [5.74, 6) is 0. The molecule has 18 heavy (non-hydrogen) atoms. The molecule has 112 valence electrons. The minimum Gasteiger partial charge on any atom is -0.269 e. The van der Waals surface area contributed by atoms with E-state index in [9.17, 15) is 0 Å². The first kappa shape index (κ1) is 25.7. The third-order valence-corrected chi connectivity index (χ3v) is 2.59. The molecule has 0 atom stereocenters. The summed E-state index contributed by atoms with van der Waals surface area (Å²) < 4.78 is 4.36. The summed E-state index contributed by atoms with van der Waals surface area (Å²) >= 11 is 0. The molecule has 1 aromatic rings. The minimum atomic E-state index is 0. The minimum absolute atomic E-state index is 0. The largest absolute Gasteiger partial charge is 0.269 e. The number of aromatic nitrogens is 2. The molecule has 0 aliphatic carbocycles. The first-order valence-electron chi connectivity index (χ1n) is 5.84.